The molecule has 168 valence electrons. The molecule has 0 saturated carbocycles. The van der Waals surface area contributed by atoms with Crippen molar-refractivity contribution in [1.29, 1.82) is 0 Å². The minimum absolute atomic E-state index is 0.190. The Kier molecular flexibility index (Phi) is 8.68. The van der Waals surface area contributed by atoms with Crippen LogP contribution in [0.1, 0.15) is 62.6 Å². The number of nitrogens with zero attached hydrogens (tertiary/aromatic N) is 1. The lowest BCUT2D eigenvalue weighted by Gasteiger charge is -2.22. The fourth-order valence-electron chi connectivity index (χ4n) is 4.44. The van der Waals surface area contributed by atoms with Crippen molar-refractivity contribution in [2.75, 3.05) is 24.2 Å². The van der Waals surface area contributed by atoms with Gasteiger partial charge in [0.25, 0.3) is 0 Å². The van der Waals surface area contributed by atoms with E-state index in [0.29, 0.717) is 6.42 Å². The molecular formula is C24H32ClN3OS2. The Morgan fingerprint density at radius 3 is 2.94 bits per heavy atom. The largest absolute Gasteiger partial charge is 0.384 e. The molecule has 2 heterocycles. The lowest BCUT2D eigenvalue weighted by atomic mass is 9.92. The van der Waals surface area contributed by atoms with Crippen LogP contribution >= 0.6 is 33.2 Å². The highest BCUT2D eigenvalue weighted by Gasteiger charge is 2.18. The number of aryl methyl sites for hydroxylation is 1. The Bertz CT molecular complexity index is 902. The summed E-state index contributed by atoms with van der Waals surface area (Å²) < 4.78 is 0. The van der Waals surface area contributed by atoms with Crippen molar-refractivity contribution in [3.8, 4) is 0 Å². The van der Waals surface area contributed by atoms with Gasteiger partial charge in [-0.15, -0.1) is 0 Å². The van der Waals surface area contributed by atoms with E-state index in [9.17, 15) is 4.79 Å². The van der Waals surface area contributed by atoms with Crippen molar-refractivity contribution in [3.05, 3.63) is 34.5 Å². The van der Waals surface area contributed by atoms with Crippen molar-refractivity contribution >= 4 is 55.7 Å². The van der Waals surface area contributed by atoms with Crippen molar-refractivity contribution in [3.63, 3.8) is 0 Å². The first-order valence-electron chi connectivity index (χ1n) is 11.6. The summed E-state index contributed by atoms with van der Waals surface area (Å²) in [6.07, 6.45) is 10.9. The fourth-order valence-corrected chi connectivity index (χ4v) is 7.63. The number of amides is 1. The Hall–Kier alpha value is -1.11. The van der Waals surface area contributed by atoms with Gasteiger partial charge in [-0.05, 0) is 75.1 Å². The molecule has 1 aromatic carbocycles. The quantitative estimate of drug-likeness (QED) is 0.306. The molecule has 2 aromatic rings. The number of hydrogen-bond acceptors (Lipinski definition) is 5. The van der Waals surface area contributed by atoms with Gasteiger partial charge in [0.1, 0.15) is 0 Å². The molecular weight excluding hydrogens is 446 g/mol. The van der Waals surface area contributed by atoms with Crippen LogP contribution in [0.4, 0.5) is 5.69 Å². The lowest BCUT2D eigenvalue weighted by molar-refractivity contribution is -0.121. The van der Waals surface area contributed by atoms with Crippen molar-refractivity contribution in [1.82, 2.24) is 10.3 Å². The van der Waals surface area contributed by atoms with E-state index >= 15 is 0 Å². The topological polar surface area (TPSA) is 54.0 Å². The van der Waals surface area contributed by atoms with Crippen molar-refractivity contribution in [2.45, 2.75) is 69.5 Å². The molecule has 1 amide bonds. The first-order valence-corrected chi connectivity index (χ1v) is 14.4. The predicted molar refractivity (Wildman–Crippen MR) is 136 cm³/mol. The number of nitrogens with one attached hydrogen (secondary N) is 2. The molecule has 4 nitrogen and oxygen atoms in total. The van der Waals surface area contributed by atoms with Crippen molar-refractivity contribution in [2.24, 2.45) is 0 Å². The highest BCUT2D eigenvalue weighted by Crippen LogP contribution is 2.40. The van der Waals surface area contributed by atoms with E-state index in [2.05, 4.69) is 16.7 Å². The van der Waals surface area contributed by atoms with Gasteiger partial charge < -0.3 is 10.6 Å². The van der Waals surface area contributed by atoms with Crippen LogP contribution in [0, 0.1) is 0 Å². The normalized spacial score (nSPS) is 18.2. The molecule has 7 heteroatoms. The van der Waals surface area contributed by atoms with Gasteiger partial charge in [-0.2, -0.15) is 0 Å². The number of carbonyl (C=O) groups is 1. The third-order valence-electron chi connectivity index (χ3n) is 6.11. The zero-order chi connectivity index (χ0) is 21.5. The maximum Gasteiger partial charge on any atom is 0.219 e. The van der Waals surface area contributed by atoms with Crippen LogP contribution in [0.15, 0.2) is 18.2 Å². The lowest BCUT2D eigenvalue weighted by Crippen LogP contribution is -2.25. The van der Waals surface area contributed by atoms with Gasteiger partial charge in [0, 0.05) is 52.3 Å². The zero-order valence-electron chi connectivity index (χ0n) is 18.1. The second kappa shape index (κ2) is 11.7. The summed E-state index contributed by atoms with van der Waals surface area (Å²) in [6.45, 7) is 1.56. The summed E-state index contributed by atoms with van der Waals surface area (Å²) >= 11 is 6.21. The summed E-state index contributed by atoms with van der Waals surface area (Å²) in [5, 5.41) is 9.42. The molecule has 1 atom stereocenters. The SMILES string of the molecule is O=C(CCCC[C@@H]1CCSS1)NCCCNc1c2c(nc3cc(Cl)ccc13)CCCC2. The molecule has 1 aliphatic carbocycles. The standard InChI is InChI=1S/C24H32ClN3OS2/c25-17-10-11-20-22(16-17)28-21-8-3-2-7-19(21)24(20)27-14-5-13-26-23(29)9-4-1-6-18-12-15-30-31-18/h10-11,16,18H,1-9,12-15H2,(H,26,29)(H,27,28)/t18-/m1/s1. The van der Waals surface area contributed by atoms with Gasteiger partial charge in [-0.1, -0.05) is 39.6 Å². The fraction of sp³-hybridized carbons (Fsp3) is 0.583. The van der Waals surface area contributed by atoms with Crippen LogP contribution in [-0.2, 0) is 17.6 Å². The van der Waals surface area contributed by atoms with E-state index in [1.807, 2.05) is 33.7 Å². The van der Waals surface area contributed by atoms with E-state index in [0.717, 1.165) is 66.4 Å². The summed E-state index contributed by atoms with van der Waals surface area (Å²) in [5.41, 5.74) is 4.76. The molecule has 0 radical (unpaired) electrons. The predicted octanol–water partition coefficient (Wildman–Crippen LogP) is 6.40. The van der Waals surface area contributed by atoms with Gasteiger partial charge >= 0.3 is 0 Å². The Balaban J connectivity index is 1.22. The molecule has 1 saturated heterocycles. The summed E-state index contributed by atoms with van der Waals surface area (Å²) in [4.78, 5) is 17.0. The number of unbranched alkanes of at least 4 members (excludes halogenated alkanes) is 1. The molecule has 31 heavy (non-hydrogen) atoms. The summed E-state index contributed by atoms with van der Waals surface area (Å²) in [6, 6.07) is 5.98. The number of carbonyl (C=O) groups excluding carboxylic acids is 1. The van der Waals surface area contributed by atoms with Gasteiger partial charge in [0.15, 0.2) is 0 Å². The van der Waals surface area contributed by atoms with Crippen LogP contribution < -0.4 is 10.6 Å². The van der Waals surface area contributed by atoms with Gasteiger partial charge in [-0.3, -0.25) is 9.78 Å². The van der Waals surface area contributed by atoms with Crippen LogP contribution in [0.3, 0.4) is 0 Å². The second-order valence-electron chi connectivity index (χ2n) is 8.49. The van der Waals surface area contributed by atoms with Crippen LogP contribution in [0.25, 0.3) is 10.9 Å². The first-order chi connectivity index (χ1) is 15.2. The second-order valence-corrected chi connectivity index (χ2v) is 11.7. The summed E-state index contributed by atoms with van der Waals surface area (Å²) in [7, 11) is 4.02. The van der Waals surface area contributed by atoms with E-state index in [-0.39, 0.29) is 5.91 Å². The maximum atomic E-state index is 12.1. The van der Waals surface area contributed by atoms with Crippen LogP contribution in [0.5, 0.6) is 0 Å². The average molecular weight is 478 g/mol. The zero-order valence-corrected chi connectivity index (χ0v) is 20.4. The monoisotopic (exact) mass is 477 g/mol. The molecule has 1 aromatic heterocycles. The van der Waals surface area contributed by atoms with Crippen LogP contribution in [-0.4, -0.2) is 35.0 Å². The number of benzene rings is 1. The average Bonchev–Trinajstić information content (AvgIpc) is 3.29. The van der Waals surface area contributed by atoms with Gasteiger partial charge in [0.2, 0.25) is 5.91 Å². The highest BCUT2D eigenvalue weighted by molar-refractivity contribution is 8.77. The smallest absolute Gasteiger partial charge is 0.219 e. The van der Waals surface area contributed by atoms with E-state index in [1.165, 1.54) is 48.4 Å². The Morgan fingerprint density at radius 1 is 1.16 bits per heavy atom. The number of hydrogen-bond donors (Lipinski definition) is 2. The molecule has 0 bridgehead atoms. The van der Waals surface area contributed by atoms with Crippen molar-refractivity contribution < 1.29 is 4.79 Å². The number of pyridine rings is 1. The third-order valence-corrected chi connectivity index (χ3v) is 9.35. The molecule has 4 rings (SSSR count). The number of aromatic nitrogens is 1. The minimum Gasteiger partial charge on any atom is -0.384 e. The van der Waals surface area contributed by atoms with E-state index in [1.54, 1.807) is 0 Å². The number of fused-ring (bicyclic) bond motifs is 2. The molecule has 0 unspecified atom stereocenters. The molecule has 1 fully saturated rings. The molecule has 2 N–H and O–H groups in total. The number of halogens is 1. The molecule has 1 aliphatic heterocycles. The minimum atomic E-state index is 0.190. The third kappa shape index (κ3) is 6.45. The van der Waals surface area contributed by atoms with E-state index < -0.39 is 0 Å². The van der Waals surface area contributed by atoms with Gasteiger partial charge in [0.05, 0.1) is 5.52 Å². The summed E-state index contributed by atoms with van der Waals surface area (Å²) in [5.74, 6) is 1.48. The maximum absolute atomic E-state index is 12.1. The Morgan fingerprint density at radius 2 is 2.06 bits per heavy atom. The highest BCUT2D eigenvalue weighted by atomic mass is 35.5. The Labute approximate surface area is 198 Å². The van der Waals surface area contributed by atoms with Gasteiger partial charge in [-0.25, -0.2) is 0 Å². The molecule has 0 spiro atoms. The first kappa shape index (κ1) is 23.1. The van der Waals surface area contributed by atoms with E-state index in [4.69, 9.17) is 16.6 Å². The van der Waals surface area contributed by atoms with Crippen LogP contribution in [0.2, 0.25) is 5.02 Å². The number of anilines is 1. The molecule has 2 aliphatic rings. The number of rotatable bonds is 10.